The number of hydrogen-bond acceptors (Lipinski definition) is 4. The lowest BCUT2D eigenvalue weighted by Crippen LogP contribution is -2.54. The van der Waals surface area contributed by atoms with E-state index in [1.165, 1.54) is 0 Å². The maximum Gasteiger partial charge on any atom is 0.132 e. The molecular weight excluding hydrogens is 212 g/mol. The number of aromatic nitrogens is 2. The molecule has 17 heavy (non-hydrogen) atoms. The molecule has 94 valence electrons. The molecule has 4 nitrogen and oxygen atoms in total. The summed E-state index contributed by atoms with van der Waals surface area (Å²) in [4.78, 5) is 11.1. The summed E-state index contributed by atoms with van der Waals surface area (Å²) in [5.74, 6) is 1.07. The minimum atomic E-state index is 0.517. The Morgan fingerprint density at radius 2 is 2.00 bits per heavy atom. The lowest BCUT2D eigenvalue weighted by Gasteiger charge is -2.36. The Balaban J connectivity index is 2.12. The minimum Gasteiger partial charge on any atom is -0.353 e. The normalized spacial score (nSPS) is 25.0. The van der Waals surface area contributed by atoms with Gasteiger partial charge in [0.15, 0.2) is 0 Å². The Labute approximate surface area is 103 Å². The maximum atomic E-state index is 4.40. The molecule has 1 N–H and O–H groups in total. The molecule has 1 aromatic heterocycles. The van der Waals surface area contributed by atoms with Crippen LogP contribution < -0.4 is 10.2 Å². The molecule has 0 saturated carbocycles. The molecule has 4 heteroatoms. The highest BCUT2D eigenvalue weighted by atomic mass is 15.3. The van der Waals surface area contributed by atoms with Gasteiger partial charge in [0.1, 0.15) is 12.1 Å². The molecule has 0 aromatic carbocycles. The first-order valence-corrected chi connectivity index (χ1v) is 6.51. The third kappa shape index (κ3) is 3.16. The van der Waals surface area contributed by atoms with Gasteiger partial charge in [-0.2, -0.15) is 0 Å². The van der Waals surface area contributed by atoms with Crippen LogP contribution in [0.4, 0.5) is 5.82 Å². The zero-order valence-corrected chi connectivity index (χ0v) is 11.0. The number of piperazine rings is 1. The minimum absolute atomic E-state index is 0.517. The summed E-state index contributed by atoms with van der Waals surface area (Å²) in [5, 5.41) is 3.53. The molecule has 0 amide bonds. The summed E-state index contributed by atoms with van der Waals surface area (Å²) in [6, 6.07) is 3.17. The first-order valence-electron chi connectivity index (χ1n) is 6.51. The molecule has 0 aliphatic carbocycles. The second kappa shape index (κ2) is 5.45. The van der Waals surface area contributed by atoms with Crippen LogP contribution in [0.2, 0.25) is 0 Å². The van der Waals surface area contributed by atoms with Gasteiger partial charge in [-0.15, -0.1) is 0 Å². The van der Waals surface area contributed by atoms with Gasteiger partial charge in [-0.05, 0) is 20.3 Å². The first kappa shape index (κ1) is 12.3. The monoisotopic (exact) mass is 234 g/mol. The van der Waals surface area contributed by atoms with E-state index in [4.69, 9.17) is 0 Å². The van der Waals surface area contributed by atoms with Crippen molar-refractivity contribution in [2.24, 2.45) is 0 Å². The topological polar surface area (TPSA) is 41.0 Å². The zero-order valence-electron chi connectivity index (χ0n) is 11.0. The van der Waals surface area contributed by atoms with Gasteiger partial charge >= 0.3 is 0 Å². The summed E-state index contributed by atoms with van der Waals surface area (Å²) < 4.78 is 0. The first-order chi connectivity index (χ1) is 8.19. The molecule has 0 radical (unpaired) electrons. The number of nitrogens with one attached hydrogen (secondary N) is 1. The summed E-state index contributed by atoms with van der Waals surface area (Å²) in [5.41, 5.74) is 1.15. The zero-order chi connectivity index (χ0) is 12.3. The third-order valence-electron chi connectivity index (χ3n) is 3.10. The molecule has 1 aliphatic heterocycles. The van der Waals surface area contributed by atoms with Crippen molar-refractivity contribution in [3.8, 4) is 0 Å². The fourth-order valence-electron chi connectivity index (χ4n) is 2.47. The van der Waals surface area contributed by atoms with E-state index in [0.717, 1.165) is 37.4 Å². The lowest BCUT2D eigenvalue weighted by molar-refractivity contribution is 0.405. The Hall–Kier alpha value is -1.16. The lowest BCUT2D eigenvalue weighted by atomic mass is 10.1. The largest absolute Gasteiger partial charge is 0.353 e. The molecule has 1 saturated heterocycles. The highest BCUT2D eigenvalue weighted by Gasteiger charge is 2.21. The van der Waals surface area contributed by atoms with Crippen molar-refractivity contribution in [2.45, 2.75) is 45.7 Å². The van der Waals surface area contributed by atoms with Crippen molar-refractivity contribution in [2.75, 3.05) is 18.0 Å². The van der Waals surface area contributed by atoms with Gasteiger partial charge in [0.2, 0.25) is 0 Å². The van der Waals surface area contributed by atoms with E-state index in [2.05, 4.69) is 47.0 Å². The molecule has 1 fully saturated rings. The highest BCUT2D eigenvalue weighted by molar-refractivity contribution is 5.40. The van der Waals surface area contributed by atoms with Crippen LogP contribution in [-0.2, 0) is 6.42 Å². The Morgan fingerprint density at radius 1 is 1.29 bits per heavy atom. The second-order valence-corrected chi connectivity index (χ2v) is 4.99. The van der Waals surface area contributed by atoms with Gasteiger partial charge < -0.3 is 10.2 Å². The summed E-state index contributed by atoms with van der Waals surface area (Å²) in [6.07, 6.45) is 3.86. The van der Waals surface area contributed by atoms with Crippen LogP contribution in [0.25, 0.3) is 0 Å². The molecule has 2 rings (SSSR count). The van der Waals surface area contributed by atoms with Crippen molar-refractivity contribution in [3.63, 3.8) is 0 Å². The number of aryl methyl sites for hydroxylation is 1. The number of nitrogens with zero attached hydrogens (tertiary/aromatic N) is 3. The van der Waals surface area contributed by atoms with Crippen molar-refractivity contribution in [1.29, 1.82) is 0 Å². The average Bonchev–Trinajstić information content (AvgIpc) is 2.28. The number of anilines is 1. The molecular formula is C13H22N4. The molecule has 2 unspecified atom stereocenters. The van der Waals surface area contributed by atoms with Crippen molar-refractivity contribution < 1.29 is 0 Å². The quantitative estimate of drug-likeness (QED) is 0.863. The number of rotatable bonds is 3. The van der Waals surface area contributed by atoms with Crippen LogP contribution in [0.1, 0.15) is 32.9 Å². The second-order valence-electron chi connectivity index (χ2n) is 4.99. The summed E-state index contributed by atoms with van der Waals surface area (Å²) in [7, 11) is 0. The fraction of sp³-hybridized carbons (Fsp3) is 0.692. The fourth-order valence-corrected chi connectivity index (χ4v) is 2.47. The van der Waals surface area contributed by atoms with Gasteiger partial charge in [0, 0.05) is 36.9 Å². The summed E-state index contributed by atoms with van der Waals surface area (Å²) >= 11 is 0. The van der Waals surface area contributed by atoms with Crippen molar-refractivity contribution >= 4 is 5.82 Å². The van der Waals surface area contributed by atoms with Crippen molar-refractivity contribution in [1.82, 2.24) is 15.3 Å². The van der Waals surface area contributed by atoms with E-state index in [0.29, 0.717) is 12.1 Å². The third-order valence-corrected chi connectivity index (χ3v) is 3.10. The van der Waals surface area contributed by atoms with E-state index in [9.17, 15) is 0 Å². The Kier molecular flexibility index (Phi) is 3.94. The smallest absolute Gasteiger partial charge is 0.132 e. The van der Waals surface area contributed by atoms with Crippen LogP contribution in [0, 0.1) is 0 Å². The summed E-state index contributed by atoms with van der Waals surface area (Å²) in [6.45, 7) is 8.66. The van der Waals surface area contributed by atoms with Crippen molar-refractivity contribution in [3.05, 3.63) is 18.1 Å². The van der Waals surface area contributed by atoms with Gasteiger partial charge in [-0.25, -0.2) is 9.97 Å². The van der Waals surface area contributed by atoms with E-state index in [1.807, 2.05) is 0 Å². The molecule has 1 aromatic rings. The van der Waals surface area contributed by atoms with E-state index >= 15 is 0 Å². The molecule has 2 atom stereocenters. The standard InChI is InChI=1S/C13H22N4/c1-4-5-12-6-13(15-9-14-12)17-7-10(2)16-11(3)8-17/h6,9-11,16H,4-5,7-8H2,1-3H3. The Bertz CT molecular complexity index is 356. The van der Waals surface area contributed by atoms with Crippen LogP contribution in [0.5, 0.6) is 0 Å². The van der Waals surface area contributed by atoms with Gasteiger partial charge in [0.05, 0.1) is 0 Å². The highest BCUT2D eigenvalue weighted by Crippen LogP contribution is 2.15. The van der Waals surface area contributed by atoms with Crippen LogP contribution in [-0.4, -0.2) is 35.1 Å². The van der Waals surface area contributed by atoms with E-state index in [-0.39, 0.29) is 0 Å². The van der Waals surface area contributed by atoms with Gasteiger partial charge in [-0.1, -0.05) is 13.3 Å². The SMILES string of the molecule is CCCc1cc(N2CC(C)NC(C)C2)ncn1. The predicted octanol–water partition coefficient (Wildman–Crippen LogP) is 1.62. The van der Waals surface area contributed by atoms with Gasteiger partial charge in [-0.3, -0.25) is 0 Å². The van der Waals surface area contributed by atoms with E-state index in [1.54, 1.807) is 6.33 Å². The Morgan fingerprint density at radius 3 is 2.65 bits per heavy atom. The predicted molar refractivity (Wildman–Crippen MR) is 70.3 cm³/mol. The van der Waals surface area contributed by atoms with Crippen LogP contribution >= 0.6 is 0 Å². The van der Waals surface area contributed by atoms with Crippen LogP contribution in [0.15, 0.2) is 12.4 Å². The number of hydrogen-bond donors (Lipinski definition) is 1. The molecule has 2 heterocycles. The van der Waals surface area contributed by atoms with Gasteiger partial charge in [0.25, 0.3) is 0 Å². The van der Waals surface area contributed by atoms with E-state index < -0.39 is 0 Å². The van der Waals surface area contributed by atoms with Crippen LogP contribution in [0.3, 0.4) is 0 Å². The average molecular weight is 234 g/mol. The maximum absolute atomic E-state index is 4.40. The molecule has 1 aliphatic rings. The molecule has 0 spiro atoms. The molecule has 0 bridgehead atoms.